The van der Waals surface area contributed by atoms with Crippen LogP contribution in [0.4, 0.5) is 23.7 Å². The predicted octanol–water partition coefficient (Wildman–Crippen LogP) is 3.12. The van der Waals surface area contributed by atoms with Crippen molar-refractivity contribution in [1.82, 2.24) is 19.7 Å². The summed E-state index contributed by atoms with van der Waals surface area (Å²) in [4.78, 5) is 50.0. The number of hydrogen-bond donors (Lipinski definition) is 0. The molecule has 2 fully saturated rings. The van der Waals surface area contributed by atoms with E-state index in [0.717, 1.165) is 30.1 Å². The van der Waals surface area contributed by atoms with E-state index in [1.165, 1.54) is 29.4 Å². The van der Waals surface area contributed by atoms with Crippen molar-refractivity contribution in [1.29, 1.82) is 0 Å². The third-order valence-electron chi connectivity index (χ3n) is 6.41. The maximum Gasteiger partial charge on any atom is 0.573 e. The zero-order chi connectivity index (χ0) is 26.3. The van der Waals surface area contributed by atoms with Crippen LogP contribution in [0.1, 0.15) is 29.8 Å². The summed E-state index contributed by atoms with van der Waals surface area (Å²) in [6.45, 7) is 5.76. The minimum atomic E-state index is -4.86. The van der Waals surface area contributed by atoms with Crippen molar-refractivity contribution in [2.75, 3.05) is 38.1 Å². The van der Waals surface area contributed by atoms with Gasteiger partial charge >= 0.3 is 12.4 Å². The molecule has 0 aliphatic carbocycles. The van der Waals surface area contributed by atoms with Crippen molar-refractivity contribution in [3.8, 4) is 5.75 Å². The number of aromatic nitrogens is 1. The van der Waals surface area contributed by atoms with E-state index in [0.29, 0.717) is 24.2 Å². The Balaban J connectivity index is 1.57. The number of rotatable bonds is 5. The van der Waals surface area contributed by atoms with Gasteiger partial charge in [-0.15, -0.1) is 13.2 Å². The summed E-state index contributed by atoms with van der Waals surface area (Å²) in [6.07, 6.45) is -1.88. The van der Waals surface area contributed by atoms with Crippen molar-refractivity contribution < 1.29 is 32.3 Å². The first kappa shape index (κ1) is 25.4. The Labute approximate surface area is 206 Å². The summed E-state index contributed by atoms with van der Waals surface area (Å²) in [6, 6.07) is 5.49. The first-order valence-electron chi connectivity index (χ1n) is 11.3. The van der Waals surface area contributed by atoms with Crippen LogP contribution in [0.3, 0.4) is 0 Å². The van der Waals surface area contributed by atoms with Crippen LogP contribution in [-0.4, -0.2) is 82.7 Å². The fourth-order valence-electron chi connectivity index (χ4n) is 4.23. The number of pyridine rings is 1. The number of anilines is 1. The van der Waals surface area contributed by atoms with Gasteiger partial charge < -0.3 is 19.4 Å². The topological polar surface area (TPSA) is 86.3 Å². The zero-order valence-corrected chi connectivity index (χ0v) is 20.1. The standard InChI is InChI=1S/C24H26F3N5O4/c1-23(2)21(34)32(17-4-6-18(7-5-17)36-24(25,26)27)22(35)31(23)15-16-8-9-28-14-19(16)20(33)30-12-10-29(3)11-13-30/h4-9,14H,10-13,15H2,1-3H3. The number of urea groups is 1. The van der Waals surface area contributed by atoms with Gasteiger partial charge in [0, 0.05) is 45.1 Å². The summed E-state index contributed by atoms with van der Waals surface area (Å²) in [5, 5.41) is 0. The Morgan fingerprint density at radius 2 is 1.69 bits per heavy atom. The van der Waals surface area contributed by atoms with Gasteiger partial charge in [0.2, 0.25) is 0 Å². The van der Waals surface area contributed by atoms with Gasteiger partial charge in [0.05, 0.1) is 11.3 Å². The molecule has 2 aliphatic heterocycles. The lowest BCUT2D eigenvalue weighted by Gasteiger charge is -2.33. The molecule has 9 nitrogen and oxygen atoms in total. The highest BCUT2D eigenvalue weighted by atomic mass is 19.4. The Kier molecular flexibility index (Phi) is 6.65. The van der Waals surface area contributed by atoms with Crippen LogP contribution in [-0.2, 0) is 11.3 Å². The molecule has 3 heterocycles. The van der Waals surface area contributed by atoms with E-state index >= 15 is 0 Å². The summed E-state index contributed by atoms with van der Waals surface area (Å²) in [5.41, 5.74) is -0.266. The van der Waals surface area contributed by atoms with E-state index in [1.807, 2.05) is 7.05 Å². The molecule has 0 atom stereocenters. The Morgan fingerprint density at radius 1 is 1.06 bits per heavy atom. The quantitative estimate of drug-likeness (QED) is 0.581. The number of carbonyl (C=O) groups excluding carboxylic acids is 3. The second-order valence-corrected chi connectivity index (χ2v) is 9.24. The minimum absolute atomic E-state index is 0.0271. The molecule has 0 radical (unpaired) electrons. The van der Waals surface area contributed by atoms with Gasteiger partial charge in [0.25, 0.3) is 11.8 Å². The zero-order valence-electron chi connectivity index (χ0n) is 20.1. The van der Waals surface area contributed by atoms with Gasteiger partial charge in [0.15, 0.2) is 0 Å². The summed E-state index contributed by atoms with van der Waals surface area (Å²) < 4.78 is 41.3. The van der Waals surface area contributed by atoms with E-state index in [1.54, 1.807) is 24.8 Å². The number of carbonyl (C=O) groups is 3. The van der Waals surface area contributed by atoms with Crippen molar-refractivity contribution in [2.24, 2.45) is 0 Å². The molecule has 2 aromatic rings. The summed E-state index contributed by atoms with van der Waals surface area (Å²) >= 11 is 0. The highest BCUT2D eigenvalue weighted by Gasteiger charge is 2.52. The Hall–Kier alpha value is -3.67. The number of hydrogen-bond acceptors (Lipinski definition) is 6. The molecule has 12 heteroatoms. The summed E-state index contributed by atoms with van der Waals surface area (Å²) in [7, 11) is 1.98. The molecule has 36 heavy (non-hydrogen) atoms. The normalized spacial score (nSPS) is 18.7. The van der Waals surface area contributed by atoms with Crippen LogP contribution in [0.2, 0.25) is 0 Å². The highest BCUT2D eigenvalue weighted by molar-refractivity contribution is 6.23. The average Bonchev–Trinajstić information content (AvgIpc) is 2.98. The van der Waals surface area contributed by atoms with E-state index in [4.69, 9.17) is 0 Å². The molecule has 2 saturated heterocycles. The van der Waals surface area contributed by atoms with Crippen molar-refractivity contribution in [3.05, 3.63) is 53.9 Å². The number of nitrogens with zero attached hydrogens (tertiary/aromatic N) is 5. The number of alkyl halides is 3. The van der Waals surface area contributed by atoms with Crippen molar-refractivity contribution >= 4 is 23.5 Å². The largest absolute Gasteiger partial charge is 0.573 e. The molecular weight excluding hydrogens is 479 g/mol. The molecule has 0 saturated carbocycles. The van der Waals surface area contributed by atoms with Gasteiger partial charge in [-0.3, -0.25) is 14.6 Å². The van der Waals surface area contributed by atoms with Crippen LogP contribution in [0.25, 0.3) is 0 Å². The number of imide groups is 1. The molecular formula is C24H26F3N5O4. The lowest BCUT2D eigenvalue weighted by Crippen LogP contribution is -2.47. The van der Waals surface area contributed by atoms with Gasteiger partial charge in [-0.2, -0.15) is 0 Å². The molecule has 1 aromatic carbocycles. The molecule has 192 valence electrons. The average molecular weight is 505 g/mol. The fraction of sp³-hybridized carbons (Fsp3) is 0.417. The van der Waals surface area contributed by atoms with Gasteiger partial charge in [0.1, 0.15) is 11.3 Å². The number of amides is 4. The second kappa shape index (κ2) is 9.41. The Bertz CT molecular complexity index is 1160. The highest BCUT2D eigenvalue weighted by Crippen LogP contribution is 2.35. The van der Waals surface area contributed by atoms with Crippen molar-refractivity contribution in [3.63, 3.8) is 0 Å². The molecule has 0 N–H and O–H groups in total. The third-order valence-corrected chi connectivity index (χ3v) is 6.41. The van der Waals surface area contributed by atoms with Crippen LogP contribution in [0.5, 0.6) is 5.75 Å². The smallest absolute Gasteiger partial charge is 0.406 e. The lowest BCUT2D eigenvalue weighted by atomic mass is 10.0. The first-order valence-corrected chi connectivity index (χ1v) is 11.3. The second-order valence-electron chi connectivity index (χ2n) is 9.24. The third kappa shape index (κ3) is 4.99. The molecule has 4 amide bonds. The van der Waals surface area contributed by atoms with Crippen LogP contribution >= 0.6 is 0 Å². The van der Waals surface area contributed by atoms with Gasteiger partial charge in [-0.25, -0.2) is 9.69 Å². The molecule has 4 rings (SSSR count). The molecule has 0 unspecified atom stereocenters. The molecule has 0 bridgehead atoms. The van der Waals surface area contributed by atoms with Crippen LogP contribution in [0, 0.1) is 0 Å². The number of ether oxygens (including phenoxy) is 1. The monoisotopic (exact) mass is 505 g/mol. The molecule has 1 aromatic heterocycles. The van der Waals surface area contributed by atoms with Crippen LogP contribution in [0.15, 0.2) is 42.7 Å². The number of benzene rings is 1. The van der Waals surface area contributed by atoms with E-state index in [9.17, 15) is 27.6 Å². The first-order chi connectivity index (χ1) is 16.9. The molecule has 0 spiro atoms. The fourth-order valence-corrected chi connectivity index (χ4v) is 4.23. The van der Waals surface area contributed by atoms with E-state index in [2.05, 4.69) is 14.6 Å². The molecule has 2 aliphatic rings. The van der Waals surface area contributed by atoms with Gasteiger partial charge in [-0.1, -0.05) is 0 Å². The van der Waals surface area contributed by atoms with E-state index in [-0.39, 0.29) is 18.1 Å². The Morgan fingerprint density at radius 3 is 2.31 bits per heavy atom. The van der Waals surface area contributed by atoms with Crippen molar-refractivity contribution in [2.45, 2.75) is 32.3 Å². The van der Waals surface area contributed by atoms with Crippen LogP contribution < -0.4 is 9.64 Å². The minimum Gasteiger partial charge on any atom is -0.406 e. The number of halogens is 3. The van der Waals surface area contributed by atoms with E-state index < -0.39 is 29.6 Å². The SMILES string of the molecule is CN1CCN(C(=O)c2cnccc2CN2C(=O)N(c3ccc(OC(F)(F)F)cc3)C(=O)C2(C)C)CC1. The summed E-state index contributed by atoms with van der Waals surface area (Å²) in [5.74, 6) is -1.21. The lowest BCUT2D eigenvalue weighted by molar-refractivity contribution is -0.274. The maximum atomic E-state index is 13.4. The maximum absolute atomic E-state index is 13.4. The number of likely N-dealkylation sites (N-methyl/N-ethyl adjacent to an activating group) is 1. The van der Waals surface area contributed by atoms with Gasteiger partial charge in [-0.05, 0) is 56.8 Å². The predicted molar refractivity (Wildman–Crippen MR) is 123 cm³/mol. The number of piperazine rings is 1.